The third-order valence-corrected chi connectivity index (χ3v) is 5.14. The van der Waals surface area contributed by atoms with Gasteiger partial charge in [0.25, 0.3) is 0 Å². The van der Waals surface area contributed by atoms with Crippen molar-refractivity contribution in [2.45, 2.75) is 84.7 Å². The molecule has 0 amide bonds. The van der Waals surface area contributed by atoms with Crippen molar-refractivity contribution in [1.82, 2.24) is 0 Å². The minimum Gasteiger partial charge on any atom is -0.462 e. The Morgan fingerprint density at radius 1 is 1.33 bits per heavy atom. The molecule has 1 spiro atoms. The van der Waals surface area contributed by atoms with E-state index >= 15 is 0 Å². The van der Waals surface area contributed by atoms with Crippen molar-refractivity contribution in [1.29, 1.82) is 0 Å². The standard InChI is InChI=1S/C19H30O2/c1-15(2)7-6-8-17-10-13-19(14-11-17)12-5-4-9-18(19)21-16(3)20/h7,10,18H,4-6,8-9,11-14H2,1-3H3. The van der Waals surface area contributed by atoms with Gasteiger partial charge in [-0.3, -0.25) is 4.79 Å². The molecule has 2 unspecified atom stereocenters. The first-order valence-corrected chi connectivity index (χ1v) is 8.50. The zero-order valence-corrected chi connectivity index (χ0v) is 13.9. The van der Waals surface area contributed by atoms with Crippen LogP contribution in [0.4, 0.5) is 0 Å². The number of carbonyl (C=O) groups excluding carboxylic acids is 1. The number of esters is 1. The highest BCUT2D eigenvalue weighted by Crippen LogP contribution is 2.48. The molecule has 1 saturated carbocycles. The second-order valence-corrected chi connectivity index (χ2v) is 7.09. The molecule has 0 heterocycles. The number of ether oxygens (including phenoxy) is 1. The third kappa shape index (κ3) is 4.46. The van der Waals surface area contributed by atoms with Crippen molar-refractivity contribution in [2.75, 3.05) is 0 Å². The summed E-state index contributed by atoms with van der Waals surface area (Å²) in [5, 5.41) is 0. The van der Waals surface area contributed by atoms with Crippen LogP contribution < -0.4 is 0 Å². The predicted octanol–water partition coefficient (Wildman–Crippen LogP) is 5.34. The van der Waals surface area contributed by atoms with Crippen LogP contribution in [-0.4, -0.2) is 12.1 Å². The SMILES string of the molecule is CC(=O)OC1CCCCC12CC=C(CCC=C(C)C)CC2. The zero-order chi connectivity index (χ0) is 15.3. The fourth-order valence-corrected chi connectivity index (χ4v) is 3.91. The normalized spacial score (nSPS) is 28.9. The van der Waals surface area contributed by atoms with E-state index in [0.717, 1.165) is 19.3 Å². The van der Waals surface area contributed by atoms with Crippen LogP contribution in [-0.2, 0) is 9.53 Å². The summed E-state index contributed by atoms with van der Waals surface area (Å²) in [5.41, 5.74) is 3.25. The molecule has 1 fully saturated rings. The van der Waals surface area contributed by atoms with Crippen molar-refractivity contribution < 1.29 is 9.53 Å². The third-order valence-electron chi connectivity index (χ3n) is 5.14. The Morgan fingerprint density at radius 3 is 2.76 bits per heavy atom. The van der Waals surface area contributed by atoms with Gasteiger partial charge < -0.3 is 4.74 Å². The van der Waals surface area contributed by atoms with Gasteiger partial charge in [0.15, 0.2) is 0 Å². The van der Waals surface area contributed by atoms with Crippen LogP contribution >= 0.6 is 0 Å². The maximum absolute atomic E-state index is 11.4. The van der Waals surface area contributed by atoms with Crippen LogP contribution in [0.15, 0.2) is 23.3 Å². The van der Waals surface area contributed by atoms with Gasteiger partial charge in [-0.25, -0.2) is 0 Å². The molecule has 2 aliphatic rings. The summed E-state index contributed by atoms with van der Waals surface area (Å²) >= 11 is 0. The van der Waals surface area contributed by atoms with E-state index in [1.54, 1.807) is 12.5 Å². The van der Waals surface area contributed by atoms with E-state index in [9.17, 15) is 4.79 Å². The van der Waals surface area contributed by atoms with Crippen molar-refractivity contribution in [3.05, 3.63) is 23.3 Å². The lowest BCUT2D eigenvalue weighted by Crippen LogP contribution is -2.42. The zero-order valence-electron chi connectivity index (χ0n) is 13.9. The Hall–Kier alpha value is -1.05. The van der Waals surface area contributed by atoms with Crippen molar-refractivity contribution in [3.63, 3.8) is 0 Å². The molecule has 0 aromatic carbocycles. The molecular weight excluding hydrogens is 260 g/mol. The molecule has 0 N–H and O–H groups in total. The van der Waals surface area contributed by atoms with Crippen molar-refractivity contribution in [3.8, 4) is 0 Å². The van der Waals surface area contributed by atoms with Gasteiger partial charge in [0.2, 0.25) is 0 Å². The molecule has 0 aliphatic heterocycles. The van der Waals surface area contributed by atoms with Gasteiger partial charge in [0.1, 0.15) is 6.10 Å². The number of rotatable bonds is 4. The smallest absolute Gasteiger partial charge is 0.302 e. The Kier molecular flexibility index (Phi) is 5.66. The van der Waals surface area contributed by atoms with Crippen LogP contribution in [0.2, 0.25) is 0 Å². The highest BCUT2D eigenvalue weighted by atomic mass is 16.5. The summed E-state index contributed by atoms with van der Waals surface area (Å²) in [6, 6.07) is 0. The summed E-state index contributed by atoms with van der Waals surface area (Å²) in [6.07, 6.45) is 15.6. The molecule has 2 rings (SSSR count). The molecule has 0 bridgehead atoms. The maximum atomic E-state index is 11.4. The summed E-state index contributed by atoms with van der Waals surface area (Å²) in [6.45, 7) is 5.87. The van der Waals surface area contributed by atoms with Gasteiger partial charge in [0.05, 0.1) is 0 Å². The summed E-state index contributed by atoms with van der Waals surface area (Å²) in [4.78, 5) is 11.4. The van der Waals surface area contributed by atoms with Gasteiger partial charge >= 0.3 is 5.97 Å². The lowest BCUT2D eigenvalue weighted by molar-refractivity contribution is -0.157. The fraction of sp³-hybridized carbons (Fsp3) is 0.737. The molecule has 2 atom stereocenters. The number of hydrogen-bond donors (Lipinski definition) is 0. The monoisotopic (exact) mass is 290 g/mol. The lowest BCUT2D eigenvalue weighted by atomic mass is 9.64. The predicted molar refractivity (Wildman–Crippen MR) is 87.1 cm³/mol. The molecule has 2 nitrogen and oxygen atoms in total. The van der Waals surface area contributed by atoms with Gasteiger partial charge in [-0.05, 0) is 65.2 Å². The van der Waals surface area contributed by atoms with Crippen LogP contribution in [0.3, 0.4) is 0 Å². The van der Waals surface area contributed by atoms with E-state index in [-0.39, 0.29) is 17.5 Å². The molecule has 0 aromatic rings. The van der Waals surface area contributed by atoms with Crippen LogP contribution in [0.1, 0.15) is 78.6 Å². The molecule has 2 aliphatic carbocycles. The van der Waals surface area contributed by atoms with E-state index in [1.807, 2.05) is 0 Å². The molecular formula is C19H30O2. The van der Waals surface area contributed by atoms with E-state index < -0.39 is 0 Å². The Morgan fingerprint density at radius 2 is 2.14 bits per heavy atom. The molecule has 0 aromatic heterocycles. The first-order chi connectivity index (χ1) is 10.0. The van der Waals surface area contributed by atoms with Gasteiger partial charge in [0, 0.05) is 12.3 Å². The molecule has 2 heteroatoms. The Labute approximate surface area is 129 Å². The second kappa shape index (κ2) is 7.29. The highest BCUT2D eigenvalue weighted by Gasteiger charge is 2.43. The van der Waals surface area contributed by atoms with Crippen LogP contribution in [0, 0.1) is 5.41 Å². The van der Waals surface area contributed by atoms with E-state index in [4.69, 9.17) is 4.74 Å². The Bertz CT molecular complexity index is 429. The first kappa shape index (κ1) is 16.3. The summed E-state index contributed by atoms with van der Waals surface area (Å²) in [7, 11) is 0. The molecule has 118 valence electrons. The largest absolute Gasteiger partial charge is 0.462 e. The van der Waals surface area contributed by atoms with Crippen molar-refractivity contribution in [2.24, 2.45) is 5.41 Å². The summed E-state index contributed by atoms with van der Waals surface area (Å²) < 4.78 is 5.65. The van der Waals surface area contributed by atoms with E-state index in [1.165, 1.54) is 44.1 Å². The molecule has 0 radical (unpaired) electrons. The van der Waals surface area contributed by atoms with Gasteiger partial charge in [-0.15, -0.1) is 0 Å². The van der Waals surface area contributed by atoms with Crippen LogP contribution in [0.25, 0.3) is 0 Å². The fourth-order valence-electron chi connectivity index (χ4n) is 3.91. The number of allylic oxidation sites excluding steroid dienone is 4. The van der Waals surface area contributed by atoms with Crippen LogP contribution in [0.5, 0.6) is 0 Å². The minimum absolute atomic E-state index is 0.111. The molecule has 0 saturated heterocycles. The number of hydrogen-bond acceptors (Lipinski definition) is 2. The minimum atomic E-state index is -0.111. The first-order valence-electron chi connectivity index (χ1n) is 8.50. The van der Waals surface area contributed by atoms with Gasteiger partial charge in [-0.2, -0.15) is 0 Å². The quantitative estimate of drug-likeness (QED) is 0.516. The maximum Gasteiger partial charge on any atom is 0.302 e. The average Bonchev–Trinajstić information content (AvgIpc) is 2.43. The molecule has 21 heavy (non-hydrogen) atoms. The second-order valence-electron chi connectivity index (χ2n) is 7.09. The highest BCUT2D eigenvalue weighted by molar-refractivity contribution is 5.66. The van der Waals surface area contributed by atoms with Crippen molar-refractivity contribution >= 4 is 5.97 Å². The van der Waals surface area contributed by atoms with E-state index in [0.29, 0.717) is 0 Å². The Balaban J connectivity index is 1.96. The topological polar surface area (TPSA) is 26.3 Å². The van der Waals surface area contributed by atoms with Gasteiger partial charge in [-0.1, -0.05) is 29.7 Å². The van der Waals surface area contributed by atoms with E-state index in [2.05, 4.69) is 26.0 Å². The average molecular weight is 290 g/mol. The summed E-state index contributed by atoms with van der Waals surface area (Å²) in [5.74, 6) is -0.111. The number of carbonyl (C=O) groups is 1. The lowest BCUT2D eigenvalue weighted by Gasteiger charge is -2.45.